The first-order valence-corrected chi connectivity index (χ1v) is 9.16. The van der Waals surface area contributed by atoms with Crippen LogP contribution in [0.5, 0.6) is 0 Å². The molecular weight excluding hydrogens is 344 g/mol. The van der Waals surface area contributed by atoms with Crippen molar-refractivity contribution in [3.63, 3.8) is 0 Å². The molecule has 0 N–H and O–H groups in total. The second-order valence-corrected chi connectivity index (χ2v) is 6.36. The highest BCUT2D eigenvalue weighted by molar-refractivity contribution is 7.08. The van der Waals surface area contributed by atoms with Crippen molar-refractivity contribution in [2.75, 3.05) is 32.8 Å². The van der Waals surface area contributed by atoms with Crippen LogP contribution in [0.15, 0.2) is 21.2 Å². The minimum absolute atomic E-state index is 0.0267. The minimum Gasteiger partial charge on any atom is -0.450 e. The molecule has 2 aromatic rings. The summed E-state index contributed by atoms with van der Waals surface area (Å²) in [5, 5.41) is 11.9. The zero-order valence-electron chi connectivity index (χ0n) is 14.0. The highest BCUT2D eigenvalue weighted by Gasteiger charge is 2.24. The second-order valence-electron chi connectivity index (χ2n) is 5.58. The van der Waals surface area contributed by atoms with Crippen molar-refractivity contribution in [2.45, 2.75) is 19.8 Å². The molecule has 25 heavy (non-hydrogen) atoms. The Morgan fingerprint density at radius 2 is 2.00 bits per heavy atom. The second kappa shape index (κ2) is 8.11. The summed E-state index contributed by atoms with van der Waals surface area (Å²) in [5.41, 5.74) is 0.894. The molecule has 8 nitrogen and oxygen atoms in total. The maximum Gasteiger partial charge on any atom is 0.409 e. The van der Waals surface area contributed by atoms with Gasteiger partial charge in [-0.25, -0.2) is 4.79 Å². The Hall–Kier alpha value is -2.42. The van der Waals surface area contributed by atoms with Gasteiger partial charge >= 0.3 is 6.09 Å². The highest BCUT2D eigenvalue weighted by Crippen LogP contribution is 2.21. The molecule has 0 aromatic carbocycles. The number of rotatable bonds is 5. The van der Waals surface area contributed by atoms with Crippen molar-refractivity contribution < 1.29 is 18.7 Å². The summed E-state index contributed by atoms with van der Waals surface area (Å²) >= 11 is 1.56. The van der Waals surface area contributed by atoms with Crippen molar-refractivity contribution in [2.24, 2.45) is 0 Å². The number of hydrogen-bond acceptors (Lipinski definition) is 7. The van der Waals surface area contributed by atoms with Crippen LogP contribution in [-0.4, -0.2) is 64.8 Å². The van der Waals surface area contributed by atoms with Gasteiger partial charge < -0.3 is 19.0 Å². The Morgan fingerprint density at radius 3 is 2.68 bits per heavy atom. The number of ether oxygens (including phenoxy) is 1. The van der Waals surface area contributed by atoms with Gasteiger partial charge in [-0.05, 0) is 18.4 Å². The van der Waals surface area contributed by atoms with Crippen LogP contribution in [0.25, 0.3) is 11.5 Å². The third-order valence-electron chi connectivity index (χ3n) is 3.95. The molecule has 0 saturated carbocycles. The molecule has 0 aliphatic carbocycles. The molecule has 3 rings (SSSR count). The van der Waals surface area contributed by atoms with Crippen LogP contribution in [0.3, 0.4) is 0 Å². The number of nitrogens with zero attached hydrogens (tertiary/aromatic N) is 4. The Labute approximate surface area is 149 Å². The van der Waals surface area contributed by atoms with E-state index in [9.17, 15) is 9.59 Å². The zero-order chi connectivity index (χ0) is 17.6. The highest BCUT2D eigenvalue weighted by atomic mass is 32.1. The van der Waals surface area contributed by atoms with Crippen LogP contribution >= 0.6 is 11.3 Å². The molecule has 1 aliphatic rings. The molecular formula is C16H20N4O4S. The molecule has 0 unspecified atom stereocenters. The SMILES string of the molecule is CCOC(=O)N1CCN(C(=O)CCc2nnc(-c3ccsc3)o2)CC1. The van der Waals surface area contributed by atoms with Crippen molar-refractivity contribution in [1.29, 1.82) is 0 Å². The average Bonchev–Trinajstić information content (AvgIpc) is 3.31. The van der Waals surface area contributed by atoms with Gasteiger partial charge in [0.05, 0.1) is 6.61 Å². The predicted molar refractivity (Wildman–Crippen MR) is 91.1 cm³/mol. The maximum absolute atomic E-state index is 12.3. The summed E-state index contributed by atoms with van der Waals surface area (Å²) < 4.78 is 10.6. The Balaban J connectivity index is 1.45. The van der Waals surface area contributed by atoms with E-state index in [2.05, 4.69) is 10.2 Å². The lowest BCUT2D eigenvalue weighted by Gasteiger charge is -2.34. The zero-order valence-corrected chi connectivity index (χ0v) is 14.8. The summed E-state index contributed by atoms with van der Waals surface area (Å²) in [4.78, 5) is 27.3. The first-order valence-electron chi connectivity index (χ1n) is 8.21. The van der Waals surface area contributed by atoms with Crippen LogP contribution in [0.4, 0.5) is 4.79 Å². The van der Waals surface area contributed by atoms with Gasteiger partial charge in [0, 0.05) is 50.0 Å². The molecule has 1 fully saturated rings. The quantitative estimate of drug-likeness (QED) is 0.806. The molecule has 0 spiro atoms. The number of aryl methyl sites for hydroxylation is 1. The molecule has 1 aliphatic heterocycles. The molecule has 2 aromatic heterocycles. The lowest BCUT2D eigenvalue weighted by Crippen LogP contribution is -2.50. The Bertz CT molecular complexity index is 708. The summed E-state index contributed by atoms with van der Waals surface area (Å²) in [5.74, 6) is 0.963. The van der Waals surface area contributed by atoms with Gasteiger partial charge in [0.25, 0.3) is 0 Å². The minimum atomic E-state index is -0.318. The molecule has 9 heteroatoms. The number of carbonyl (C=O) groups is 2. The first kappa shape index (κ1) is 17.4. The van der Waals surface area contributed by atoms with Gasteiger partial charge in [-0.3, -0.25) is 4.79 Å². The van der Waals surface area contributed by atoms with Gasteiger partial charge in [-0.2, -0.15) is 11.3 Å². The van der Waals surface area contributed by atoms with Gasteiger partial charge in [0.2, 0.25) is 17.7 Å². The van der Waals surface area contributed by atoms with E-state index in [4.69, 9.17) is 9.15 Å². The number of aromatic nitrogens is 2. The van der Waals surface area contributed by atoms with Gasteiger partial charge in [0.15, 0.2) is 0 Å². The molecule has 134 valence electrons. The van der Waals surface area contributed by atoms with Gasteiger partial charge in [-0.1, -0.05) is 0 Å². The van der Waals surface area contributed by atoms with Gasteiger partial charge in [-0.15, -0.1) is 10.2 Å². The van der Waals surface area contributed by atoms with Crippen LogP contribution in [0, 0.1) is 0 Å². The summed E-state index contributed by atoms with van der Waals surface area (Å²) in [6.45, 7) is 4.15. The van der Waals surface area contributed by atoms with Crippen molar-refractivity contribution >= 4 is 23.3 Å². The largest absolute Gasteiger partial charge is 0.450 e. The average molecular weight is 364 g/mol. The number of hydrogen-bond donors (Lipinski definition) is 0. The molecule has 1 saturated heterocycles. The Morgan fingerprint density at radius 1 is 1.24 bits per heavy atom. The van der Waals surface area contributed by atoms with Crippen molar-refractivity contribution in [3.8, 4) is 11.5 Å². The van der Waals surface area contributed by atoms with E-state index in [1.807, 2.05) is 16.8 Å². The van der Waals surface area contributed by atoms with Crippen molar-refractivity contribution in [1.82, 2.24) is 20.0 Å². The van der Waals surface area contributed by atoms with Crippen LogP contribution in [0.1, 0.15) is 19.2 Å². The first-order chi connectivity index (χ1) is 12.2. The van der Waals surface area contributed by atoms with E-state index >= 15 is 0 Å². The predicted octanol–water partition coefficient (Wildman–Crippen LogP) is 2.03. The lowest BCUT2D eigenvalue weighted by atomic mass is 10.2. The molecule has 0 radical (unpaired) electrons. The van der Waals surface area contributed by atoms with E-state index in [-0.39, 0.29) is 12.0 Å². The number of piperazine rings is 1. The lowest BCUT2D eigenvalue weighted by molar-refractivity contribution is -0.132. The maximum atomic E-state index is 12.3. The summed E-state index contributed by atoms with van der Waals surface area (Å²) in [6, 6.07) is 1.91. The third kappa shape index (κ3) is 4.36. The van der Waals surface area contributed by atoms with E-state index in [1.54, 1.807) is 28.1 Å². The third-order valence-corrected chi connectivity index (χ3v) is 4.63. The normalized spacial score (nSPS) is 14.6. The summed E-state index contributed by atoms with van der Waals surface area (Å²) in [7, 11) is 0. The van der Waals surface area contributed by atoms with Crippen molar-refractivity contribution in [3.05, 3.63) is 22.7 Å². The molecule has 0 atom stereocenters. The molecule has 3 heterocycles. The van der Waals surface area contributed by atoms with E-state index < -0.39 is 0 Å². The Kier molecular flexibility index (Phi) is 5.64. The van der Waals surface area contributed by atoms with Crippen LogP contribution in [-0.2, 0) is 16.0 Å². The fraction of sp³-hybridized carbons (Fsp3) is 0.500. The monoisotopic (exact) mass is 364 g/mol. The van der Waals surface area contributed by atoms with Crippen LogP contribution < -0.4 is 0 Å². The van der Waals surface area contributed by atoms with Crippen LogP contribution in [0.2, 0.25) is 0 Å². The summed E-state index contributed by atoms with van der Waals surface area (Å²) in [6.07, 6.45) is 0.403. The molecule has 0 bridgehead atoms. The van der Waals surface area contributed by atoms with E-state index in [0.29, 0.717) is 57.4 Å². The number of thiophene rings is 1. The molecule has 2 amide bonds. The van der Waals surface area contributed by atoms with E-state index in [0.717, 1.165) is 5.56 Å². The smallest absolute Gasteiger partial charge is 0.409 e. The number of carbonyl (C=O) groups excluding carboxylic acids is 2. The van der Waals surface area contributed by atoms with Gasteiger partial charge in [0.1, 0.15) is 0 Å². The van der Waals surface area contributed by atoms with E-state index in [1.165, 1.54) is 0 Å². The standard InChI is InChI=1S/C16H20N4O4S/c1-2-23-16(22)20-8-6-19(7-9-20)14(21)4-3-13-17-18-15(24-13)12-5-10-25-11-12/h5,10-11H,2-4,6-9H2,1H3. The topological polar surface area (TPSA) is 88.8 Å². The number of amides is 2. The fourth-order valence-corrected chi connectivity index (χ4v) is 3.21. The fourth-order valence-electron chi connectivity index (χ4n) is 2.58.